The zero-order chi connectivity index (χ0) is 13.2. The maximum Gasteiger partial charge on any atom is 0.115 e. The third-order valence-corrected chi connectivity index (χ3v) is 3.28. The lowest BCUT2D eigenvalue weighted by Crippen LogP contribution is -1.97. The molecule has 0 bridgehead atoms. The number of rotatable bonds is 3. The van der Waals surface area contributed by atoms with E-state index in [1.54, 1.807) is 12.1 Å². The van der Waals surface area contributed by atoms with Crippen LogP contribution in [0.4, 0.5) is 0 Å². The van der Waals surface area contributed by atoms with Crippen LogP contribution < -0.4 is 0 Å². The summed E-state index contributed by atoms with van der Waals surface area (Å²) >= 11 is 0. The van der Waals surface area contributed by atoms with Crippen molar-refractivity contribution in [3.8, 4) is 5.75 Å². The molecule has 2 aromatic carbocycles. The molecule has 0 saturated carbocycles. The molecule has 3 heteroatoms. The molecule has 2 N–H and O–H groups in total. The summed E-state index contributed by atoms with van der Waals surface area (Å²) in [5, 5.41) is 19.7. The van der Waals surface area contributed by atoms with E-state index in [2.05, 4.69) is 4.57 Å². The molecular formula is C16H15NO2. The summed E-state index contributed by atoms with van der Waals surface area (Å²) < 4.78 is 2.13. The van der Waals surface area contributed by atoms with Crippen molar-refractivity contribution < 1.29 is 10.2 Å². The number of phenolic OH excluding ortho intramolecular Hbond substituents is 1. The van der Waals surface area contributed by atoms with Crippen molar-refractivity contribution >= 4 is 10.9 Å². The van der Waals surface area contributed by atoms with E-state index < -0.39 is 0 Å². The Balaban J connectivity index is 1.97. The number of hydrogen-bond donors (Lipinski definition) is 2. The van der Waals surface area contributed by atoms with Gasteiger partial charge in [-0.3, -0.25) is 0 Å². The quantitative estimate of drug-likeness (QED) is 0.754. The van der Waals surface area contributed by atoms with Gasteiger partial charge in [0.15, 0.2) is 0 Å². The Morgan fingerprint density at radius 3 is 2.63 bits per heavy atom. The number of aliphatic hydroxyl groups is 1. The highest BCUT2D eigenvalue weighted by atomic mass is 16.3. The Hall–Kier alpha value is -2.26. The number of benzene rings is 2. The van der Waals surface area contributed by atoms with Crippen LogP contribution in [0, 0.1) is 0 Å². The molecule has 1 heterocycles. The molecular weight excluding hydrogens is 238 g/mol. The smallest absolute Gasteiger partial charge is 0.115 e. The van der Waals surface area contributed by atoms with E-state index >= 15 is 0 Å². The normalized spacial score (nSPS) is 11.0. The van der Waals surface area contributed by atoms with Gasteiger partial charge in [0, 0.05) is 18.3 Å². The minimum absolute atomic E-state index is 0.0632. The second kappa shape index (κ2) is 4.78. The standard InChI is InChI=1S/C16H15NO2/c18-11-13-4-5-16-14(8-13)6-7-17(16)10-12-2-1-3-15(19)9-12/h1-9,18-19H,10-11H2. The molecule has 0 spiro atoms. The van der Waals surface area contributed by atoms with Crippen LogP contribution in [-0.2, 0) is 13.2 Å². The van der Waals surface area contributed by atoms with Crippen LogP contribution in [0.2, 0.25) is 0 Å². The maximum atomic E-state index is 9.49. The van der Waals surface area contributed by atoms with Gasteiger partial charge in [-0.05, 0) is 46.8 Å². The van der Waals surface area contributed by atoms with Crippen molar-refractivity contribution in [2.75, 3.05) is 0 Å². The number of aromatic nitrogens is 1. The van der Waals surface area contributed by atoms with Crippen LogP contribution in [0.5, 0.6) is 5.75 Å². The molecule has 0 saturated heterocycles. The van der Waals surface area contributed by atoms with Crippen molar-refractivity contribution in [3.63, 3.8) is 0 Å². The molecule has 3 rings (SSSR count). The van der Waals surface area contributed by atoms with Crippen molar-refractivity contribution in [3.05, 3.63) is 65.9 Å². The minimum atomic E-state index is 0.0632. The molecule has 3 aromatic rings. The summed E-state index contributed by atoms with van der Waals surface area (Å²) in [7, 11) is 0. The first-order valence-electron chi connectivity index (χ1n) is 6.23. The number of aliphatic hydroxyl groups excluding tert-OH is 1. The number of aromatic hydroxyl groups is 1. The number of fused-ring (bicyclic) bond motifs is 1. The second-order valence-corrected chi connectivity index (χ2v) is 4.66. The number of nitrogens with zero attached hydrogens (tertiary/aromatic N) is 1. The first kappa shape index (κ1) is 11.8. The molecule has 0 atom stereocenters. The van der Waals surface area contributed by atoms with E-state index in [1.165, 1.54) is 0 Å². The van der Waals surface area contributed by atoms with Gasteiger partial charge in [0.25, 0.3) is 0 Å². The lowest BCUT2D eigenvalue weighted by Gasteiger charge is -2.06. The second-order valence-electron chi connectivity index (χ2n) is 4.66. The van der Waals surface area contributed by atoms with E-state index in [1.807, 2.05) is 42.6 Å². The largest absolute Gasteiger partial charge is 0.508 e. The molecule has 19 heavy (non-hydrogen) atoms. The average Bonchev–Trinajstić information content (AvgIpc) is 2.81. The summed E-state index contributed by atoms with van der Waals surface area (Å²) in [6.07, 6.45) is 2.02. The topological polar surface area (TPSA) is 45.4 Å². The summed E-state index contributed by atoms with van der Waals surface area (Å²) in [5.74, 6) is 0.288. The van der Waals surface area contributed by atoms with E-state index in [-0.39, 0.29) is 12.4 Å². The van der Waals surface area contributed by atoms with Gasteiger partial charge in [-0.2, -0.15) is 0 Å². The number of phenols is 1. The lowest BCUT2D eigenvalue weighted by molar-refractivity contribution is 0.282. The van der Waals surface area contributed by atoms with Gasteiger partial charge in [0.1, 0.15) is 5.75 Å². The van der Waals surface area contributed by atoms with Crippen LogP contribution in [0.3, 0.4) is 0 Å². The van der Waals surface area contributed by atoms with Gasteiger partial charge in [0.05, 0.1) is 6.61 Å². The van der Waals surface area contributed by atoms with Gasteiger partial charge in [-0.15, -0.1) is 0 Å². The Labute approximate surface area is 111 Å². The Bertz CT molecular complexity index is 716. The third kappa shape index (κ3) is 2.33. The number of hydrogen-bond acceptors (Lipinski definition) is 2. The Morgan fingerprint density at radius 1 is 0.947 bits per heavy atom. The minimum Gasteiger partial charge on any atom is -0.508 e. The first-order chi connectivity index (χ1) is 9.26. The summed E-state index contributed by atoms with van der Waals surface area (Å²) in [6.45, 7) is 0.782. The SMILES string of the molecule is OCc1ccc2c(ccn2Cc2cccc(O)c2)c1. The van der Waals surface area contributed by atoms with Crippen LogP contribution in [-0.4, -0.2) is 14.8 Å². The van der Waals surface area contributed by atoms with Crippen LogP contribution in [0.25, 0.3) is 10.9 Å². The fourth-order valence-electron chi connectivity index (χ4n) is 2.34. The van der Waals surface area contributed by atoms with Crippen molar-refractivity contribution in [1.82, 2.24) is 4.57 Å². The average molecular weight is 253 g/mol. The maximum absolute atomic E-state index is 9.49. The fraction of sp³-hybridized carbons (Fsp3) is 0.125. The van der Waals surface area contributed by atoms with Crippen molar-refractivity contribution in [2.45, 2.75) is 13.2 Å². The van der Waals surface area contributed by atoms with Gasteiger partial charge in [0.2, 0.25) is 0 Å². The van der Waals surface area contributed by atoms with Gasteiger partial charge < -0.3 is 14.8 Å². The third-order valence-electron chi connectivity index (χ3n) is 3.28. The highest BCUT2D eigenvalue weighted by molar-refractivity contribution is 5.81. The summed E-state index contributed by atoms with van der Waals surface area (Å²) in [5.41, 5.74) is 3.10. The molecule has 1 aromatic heterocycles. The van der Waals surface area contributed by atoms with Crippen molar-refractivity contribution in [2.24, 2.45) is 0 Å². The molecule has 0 amide bonds. The highest BCUT2D eigenvalue weighted by Gasteiger charge is 2.03. The molecule has 0 fully saturated rings. The van der Waals surface area contributed by atoms with E-state index in [4.69, 9.17) is 5.11 Å². The predicted molar refractivity (Wildman–Crippen MR) is 75.1 cm³/mol. The summed E-state index contributed by atoms with van der Waals surface area (Å²) in [6, 6.07) is 15.3. The molecule has 96 valence electrons. The fourth-order valence-corrected chi connectivity index (χ4v) is 2.34. The van der Waals surface area contributed by atoms with Crippen molar-refractivity contribution in [1.29, 1.82) is 0 Å². The Kier molecular flexibility index (Phi) is 2.97. The molecule has 0 aliphatic rings. The molecule has 0 unspecified atom stereocenters. The predicted octanol–water partition coefficient (Wildman–Crippen LogP) is 2.89. The van der Waals surface area contributed by atoms with Gasteiger partial charge >= 0.3 is 0 Å². The summed E-state index contributed by atoms with van der Waals surface area (Å²) in [4.78, 5) is 0. The Morgan fingerprint density at radius 2 is 1.84 bits per heavy atom. The monoisotopic (exact) mass is 253 g/mol. The molecule has 0 aliphatic heterocycles. The van der Waals surface area contributed by atoms with Gasteiger partial charge in [-0.1, -0.05) is 18.2 Å². The highest BCUT2D eigenvalue weighted by Crippen LogP contribution is 2.20. The van der Waals surface area contributed by atoms with E-state index in [9.17, 15) is 5.11 Å². The zero-order valence-electron chi connectivity index (χ0n) is 10.5. The molecule has 3 nitrogen and oxygen atoms in total. The van der Waals surface area contributed by atoms with E-state index in [0.717, 1.165) is 28.6 Å². The molecule has 0 aliphatic carbocycles. The van der Waals surface area contributed by atoms with Gasteiger partial charge in [-0.25, -0.2) is 0 Å². The lowest BCUT2D eigenvalue weighted by atomic mass is 10.1. The van der Waals surface area contributed by atoms with Crippen LogP contribution in [0.1, 0.15) is 11.1 Å². The first-order valence-corrected chi connectivity index (χ1v) is 6.23. The van der Waals surface area contributed by atoms with Crippen LogP contribution >= 0.6 is 0 Å². The molecule has 0 radical (unpaired) electrons. The van der Waals surface area contributed by atoms with Crippen LogP contribution in [0.15, 0.2) is 54.7 Å². The zero-order valence-corrected chi connectivity index (χ0v) is 10.5. The van der Waals surface area contributed by atoms with E-state index in [0.29, 0.717) is 0 Å².